The molecule has 25 heavy (non-hydrogen) atoms. The number of Topliss-reactive ketones (excluding diaryl/α,β-unsaturated/α-hetero) is 1. The standard InChI is InChI=1S/C21H30F3O/c1-2-3-4-5-6-7-8-9-10-11-12-13-14-15-16-17-18-19-20(25)21(22,23)24/h12-18H,2-11H2,1H3. The van der Waals surface area contributed by atoms with Crippen LogP contribution in [0.3, 0.4) is 0 Å². The van der Waals surface area contributed by atoms with E-state index in [0.29, 0.717) is 0 Å². The zero-order valence-corrected chi connectivity index (χ0v) is 15.2. The van der Waals surface area contributed by atoms with Gasteiger partial charge in [0.2, 0.25) is 0 Å². The molecule has 0 rings (SSSR count). The summed E-state index contributed by atoms with van der Waals surface area (Å²) in [4.78, 5) is 10.5. The molecule has 0 saturated heterocycles. The van der Waals surface area contributed by atoms with Gasteiger partial charge in [-0.3, -0.25) is 4.79 Å². The Labute approximate surface area is 150 Å². The number of hydrogen-bond donors (Lipinski definition) is 0. The summed E-state index contributed by atoms with van der Waals surface area (Å²) in [6.07, 6.45) is 21.0. The normalized spacial score (nSPS) is 13.1. The summed E-state index contributed by atoms with van der Waals surface area (Å²) >= 11 is 0. The first-order valence-corrected chi connectivity index (χ1v) is 9.18. The lowest BCUT2D eigenvalue weighted by Crippen LogP contribution is -2.20. The Morgan fingerprint density at radius 2 is 1.32 bits per heavy atom. The molecule has 1 nitrogen and oxygen atoms in total. The molecule has 0 fully saturated rings. The molecular weight excluding hydrogens is 325 g/mol. The maximum atomic E-state index is 11.9. The Kier molecular flexibility index (Phi) is 14.9. The fraction of sp³-hybridized carbons (Fsp3) is 0.571. The smallest absolute Gasteiger partial charge is 0.284 e. The monoisotopic (exact) mass is 355 g/mol. The van der Waals surface area contributed by atoms with Gasteiger partial charge in [0.15, 0.2) is 0 Å². The Bertz CT molecular complexity index is 443. The highest BCUT2D eigenvalue weighted by Gasteiger charge is 2.36. The van der Waals surface area contributed by atoms with Gasteiger partial charge in [-0.2, -0.15) is 13.2 Å². The number of hydrogen-bond acceptors (Lipinski definition) is 1. The van der Waals surface area contributed by atoms with Gasteiger partial charge in [0.05, 0.1) is 0 Å². The maximum Gasteiger partial charge on any atom is 0.454 e. The highest BCUT2D eigenvalue weighted by molar-refractivity contribution is 5.90. The van der Waals surface area contributed by atoms with Crippen molar-refractivity contribution >= 4 is 5.78 Å². The predicted molar refractivity (Wildman–Crippen MR) is 98.1 cm³/mol. The molecule has 0 aromatic carbocycles. The highest BCUT2D eigenvalue weighted by Crippen LogP contribution is 2.15. The van der Waals surface area contributed by atoms with Crippen LogP contribution in [0.15, 0.2) is 42.5 Å². The second-order valence-electron chi connectivity index (χ2n) is 5.95. The first-order valence-electron chi connectivity index (χ1n) is 9.18. The number of carbonyl (C=O) groups excluding carboxylic acids is 1. The molecular formula is C21H30F3O. The number of halogens is 3. The number of rotatable bonds is 14. The van der Waals surface area contributed by atoms with Crippen LogP contribution in [0.5, 0.6) is 0 Å². The SMILES string of the molecule is CCCCCCCCCCCC=CC=CC=C/C=[C]/C(=O)C(F)(F)F. The van der Waals surface area contributed by atoms with Crippen LogP contribution in [0.1, 0.15) is 71.1 Å². The van der Waals surface area contributed by atoms with E-state index in [0.717, 1.165) is 12.5 Å². The number of unbranched alkanes of at least 4 members (excludes halogenated alkanes) is 9. The first kappa shape index (κ1) is 23.4. The molecule has 0 atom stereocenters. The molecule has 0 aliphatic rings. The summed E-state index contributed by atoms with van der Waals surface area (Å²) in [5, 5.41) is 0. The number of carbonyl (C=O) groups is 1. The quantitative estimate of drug-likeness (QED) is 0.185. The Morgan fingerprint density at radius 3 is 1.92 bits per heavy atom. The third-order valence-electron chi connectivity index (χ3n) is 3.62. The molecule has 141 valence electrons. The van der Waals surface area contributed by atoms with Gasteiger partial charge in [-0.1, -0.05) is 101 Å². The van der Waals surface area contributed by atoms with Gasteiger partial charge in [-0.05, 0) is 12.8 Å². The molecule has 0 amide bonds. The fourth-order valence-electron chi connectivity index (χ4n) is 2.20. The van der Waals surface area contributed by atoms with Crippen LogP contribution in [-0.4, -0.2) is 12.0 Å². The molecule has 0 aromatic rings. The van der Waals surface area contributed by atoms with Gasteiger partial charge in [0.1, 0.15) is 0 Å². The Balaban J connectivity index is 3.56. The van der Waals surface area contributed by atoms with Crippen molar-refractivity contribution in [3.63, 3.8) is 0 Å². The Morgan fingerprint density at radius 1 is 0.800 bits per heavy atom. The molecule has 0 aromatic heterocycles. The molecule has 0 aliphatic carbocycles. The van der Waals surface area contributed by atoms with E-state index in [-0.39, 0.29) is 0 Å². The fourth-order valence-corrected chi connectivity index (χ4v) is 2.20. The summed E-state index contributed by atoms with van der Waals surface area (Å²) in [5.41, 5.74) is 0. The van der Waals surface area contributed by atoms with Crippen molar-refractivity contribution in [2.45, 2.75) is 77.3 Å². The predicted octanol–water partition coefficient (Wildman–Crippen LogP) is 7.07. The van der Waals surface area contributed by atoms with Gasteiger partial charge in [0, 0.05) is 6.08 Å². The number of allylic oxidation sites excluding steroid dienone is 8. The third kappa shape index (κ3) is 17.0. The van der Waals surface area contributed by atoms with Crippen molar-refractivity contribution in [2.75, 3.05) is 0 Å². The molecule has 0 unspecified atom stereocenters. The molecule has 0 saturated carbocycles. The van der Waals surface area contributed by atoms with E-state index in [1.54, 1.807) is 18.2 Å². The van der Waals surface area contributed by atoms with Crippen LogP contribution in [0, 0.1) is 6.08 Å². The van der Waals surface area contributed by atoms with Crippen LogP contribution in [0.2, 0.25) is 0 Å². The van der Waals surface area contributed by atoms with Crippen LogP contribution < -0.4 is 0 Å². The van der Waals surface area contributed by atoms with Crippen molar-refractivity contribution in [1.82, 2.24) is 0 Å². The summed E-state index contributed by atoms with van der Waals surface area (Å²) in [5.74, 6) is -1.97. The van der Waals surface area contributed by atoms with E-state index < -0.39 is 12.0 Å². The summed E-state index contributed by atoms with van der Waals surface area (Å²) < 4.78 is 35.6. The van der Waals surface area contributed by atoms with E-state index in [9.17, 15) is 18.0 Å². The summed E-state index contributed by atoms with van der Waals surface area (Å²) in [6.45, 7) is 2.23. The largest absolute Gasteiger partial charge is 0.454 e. The van der Waals surface area contributed by atoms with Crippen molar-refractivity contribution in [3.05, 3.63) is 48.6 Å². The molecule has 0 bridgehead atoms. The van der Waals surface area contributed by atoms with Crippen molar-refractivity contribution in [2.24, 2.45) is 0 Å². The summed E-state index contributed by atoms with van der Waals surface area (Å²) in [7, 11) is 0. The molecule has 4 heteroatoms. The zero-order chi connectivity index (χ0) is 18.8. The minimum Gasteiger partial charge on any atom is -0.284 e. The molecule has 0 heterocycles. The second kappa shape index (κ2) is 15.9. The lowest BCUT2D eigenvalue weighted by molar-refractivity contribution is -0.166. The molecule has 1 radical (unpaired) electrons. The van der Waals surface area contributed by atoms with Gasteiger partial charge in [-0.25, -0.2) is 0 Å². The van der Waals surface area contributed by atoms with Crippen molar-refractivity contribution in [1.29, 1.82) is 0 Å². The first-order chi connectivity index (χ1) is 12.0. The topological polar surface area (TPSA) is 17.1 Å². The average Bonchev–Trinajstić information content (AvgIpc) is 2.56. The molecule has 0 spiro atoms. The van der Waals surface area contributed by atoms with Gasteiger partial charge in [0.25, 0.3) is 5.78 Å². The van der Waals surface area contributed by atoms with E-state index in [2.05, 4.69) is 13.0 Å². The van der Waals surface area contributed by atoms with Gasteiger partial charge >= 0.3 is 6.18 Å². The van der Waals surface area contributed by atoms with Gasteiger partial charge in [-0.15, -0.1) is 0 Å². The Hall–Kier alpha value is -1.58. The van der Waals surface area contributed by atoms with Crippen molar-refractivity contribution in [3.8, 4) is 0 Å². The van der Waals surface area contributed by atoms with Crippen molar-refractivity contribution < 1.29 is 18.0 Å². The van der Waals surface area contributed by atoms with Crippen LogP contribution in [-0.2, 0) is 4.79 Å². The van der Waals surface area contributed by atoms with E-state index in [4.69, 9.17) is 0 Å². The van der Waals surface area contributed by atoms with Crippen LogP contribution >= 0.6 is 0 Å². The molecule has 0 aliphatic heterocycles. The third-order valence-corrected chi connectivity index (χ3v) is 3.62. The van der Waals surface area contributed by atoms with E-state index in [1.165, 1.54) is 63.9 Å². The number of ketones is 1. The lowest BCUT2D eigenvalue weighted by atomic mass is 10.1. The average molecular weight is 355 g/mol. The van der Waals surface area contributed by atoms with Crippen LogP contribution in [0.25, 0.3) is 0 Å². The minimum atomic E-state index is -4.85. The maximum absolute atomic E-state index is 11.9. The summed E-state index contributed by atoms with van der Waals surface area (Å²) in [6, 6.07) is 0. The lowest BCUT2D eigenvalue weighted by Gasteiger charge is -2.00. The van der Waals surface area contributed by atoms with Gasteiger partial charge < -0.3 is 0 Å². The zero-order valence-electron chi connectivity index (χ0n) is 15.2. The van der Waals surface area contributed by atoms with Crippen LogP contribution in [0.4, 0.5) is 13.2 Å². The molecule has 0 N–H and O–H groups in total. The highest BCUT2D eigenvalue weighted by atomic mass is 19.4. The van der Waals surface area contributed by atoms with E-state index in [1.807, 2.05) is 12.2 Å². The second-order valence-corrected chi connectivity index (χ2v) is 5.95. The minimum absolute atomic E-state index is 0.964. The number of alkyl halides is 3. The van der Waals surface area contributed by atoms with E-state index >= 15 is 0 Å².